The summed E-state index contributed by atoms with van der Waals surface area (Å²) in [6.07, 6.45) is 1.75. The van der Waals surface area contributed by atoms with Crippen molar-refractivity contribution in [2.45, 2.75) is 52.2 Å². The Labute approximate surface area is 147 Å². The lowest BCUT2D eigenvalue weighted by molar-refractivity contribution is -0.0734. The molecule has 24 heavy (non-hydrogen) atoms. The van der Waals surface area contributed by atoms with Crippen LogP contribution in [0.5, 0.6) is 5.75 Å². The highest BCUT2D eigenvalue weighted by molar-refractivity contribution is 5.35. The molecule has 1 heterocycles. The molecule has 1 aliphatic heterocycles. The number of benzene rings is 1. The normalized spacial score (nSPS) is 23.2. The lowest BCUT2D eigenvalue weighted by atomic mass is 9.98. The molecule has 0 aromatic heterocycles. The number of ether oxygens (including phenoxy) is 3. The summed E-state index contributed by atoms with van der Waals surface area (Å²) in [5.74, 6) is 1.51. The van der Waals surface area contributed by atoms with Crippen LogP contribution in [0.1, 0.15) is 45.6 Å². The fraction of sp³-hybridized carbons (Fsp3) is 0.700. The average Bonchev–Trinajstić information content (AvgIpc) is 2.56. The summed E-state index contributed by atoms with van der Waals surface area (Å²) < 4.78 is 17.4. The summed E-state index contributed by atoms with van der Waals surface area (Å²) in [5.41, 5.74) is 1.29. The van der Waals surface area contributed by atoms with Crippen molar-refractivity contribution in [1.29, 1.82) is 0 Å². The van der Waals surface area contributed by atoms with Gasteiger partial charge in [0.2, 0.25) is 0 Å². The number of nitrogens with zero attached hydrogens (tertiary/aromatic N) is 1. The largest absolute Gasteiger partial charge is 0.491 e. The van der Waals surface area contributed by atoms with E-state index in [1.807, 2.05) is 6.07 Å². The van der Waals surface area contributed by atoms with Crippen molar-refractivity contribution in [3.05, 3.63) is 29.8 Å². The monoisotopic (exact) mass is 335 g/mol. The third kappa shape index (κ3) is 6.08. The Kier molecular flexibility index (Phi) is 8.03. The van der Waals surface area contributed by atoms with Crippen LogP contribution in [0.3, 0.4) is 0 Å². The van der Waals surface area contributed by atoms with Crippen molar-refractivity contribution in [1.82, 2.24) is 4.90 Å². The summed E-state index contributed by atoms with van der Waals surface area (Å²) in [6, 6.07) is 8.32. The van der Waals surface area contributed by atoms with E-state index in [9.17, 15) is 0 Å². The van der Waals surface area contributed by atoms with Crippen LogP contribution in [0, 0.1) is 0 Å². The van der Waals surface area contributed by atoms with Crippen molar-refractivity contribution in [3.8, 4) is 5.75 Å². The number of para-hydroxylation sites is 1. The van der Waals surface area contributed by atoms with E-state index in [2.05, 4.69) is 50.8 Å². The van der Waals surface area contributed by atoms with Gasteiger partial charge in [-0.1, -0.05) is 32.0 Å². The van der Waals surface area contributed by atoms with Crippen molar-refractivity contribution in [2.75, 3.05) is 39.5 Å². The lowest BCUT2D eigenvalue weighted by Crippen LogP contribution is -2.46. The van der Waals surface area contributed by atoms with Crippen molar-refractivity contribution in [2.24, 2.45) is 0 Å². The van der Waals surface area contributed by atoms with Gasteiger partial charge in [0.25, 0.3) is 0 Å². The topological polar surface area (TPSA) is 30.9 Å². The summed E-state index contributed by atoms with van der Waals surface area (Å²) in [4.78, 5) is 2.41. The summed E-state index contributed by atoms with van der Waals surface area (Å²) in [7, 11) is 0. The second kappa shape index (κ2) is 10.0. The fourth-order valence-electron chi connectivity index (χ4n) is 3.21. The predicted molar refractivity (Wildman–Crippen MR) is 97.9 cm³/mol. The minimum Gasteiger partial charge on any atom is -0.491 e. The highest BCUT2D eigenvalue weighted by Crippen LogP contribution is 2.28. The molecule has 1 aromatic carbocycles. The van der Waals surface area contributed by atoms with E-state index < -0.39 is 0 Å². The first-order chi connectivity index (χ1) is 11.6. The van der Waals surface area contributed by atoms with E-state index in [0.717, 1.165) is 38.4 Å². The molecular formula is C20H33NO3. The minimum atomic E-state index is 0.314. The molecule has 1 fully saturated rings. The van der Waals surface area contributed by atoms with Gasteiger partial charge in [-0.05, 0) is 37.8 Å². The SMILES string of the molecule is CC[C@H](C)c1ccccc1OCCOCCN1C[C@@H](C)O[C@@H](C)C1. The molecule has 0 saturated carbocycles. The van der Waals surface area contributed by atoms with Gasteiger partial charge in [-0.15, -0.1) is 0 Å². The Morgan fingerprint density at radius 3 is 2.54 bits per heavy atom. The molecule has 0 radical (unpaired) electrons. The quantitative estimate of drug-likeness (QED) is 0.644. The minimum absolute atomic E-state index is 0.314. The van der Waals surface area contributed by atoms with Crippen LogP contribution in [-0.4, -0.2) is 56.6 Å². The van der Waals surface area contributed by atoms with E-state index in [-0.39, 0.29) is 0 Å². The zero-order valence-electron chi connectivity index (χ0n) is 15.7. The Balaban J connectivity index is 1.63. The number of hydrogen-bond donors (Lipinski definition) is 0. The Bertz CT molecular complexity index is 470. The molecule has 0 bridgehead atoms. The predicted octanol–water partition coefficient (Wildman–Crippen LogP) is 3.70. The van der Waals surface area contributed by atoms with Crippen LogP contribution in [0.25, 0.3) is 0 Å². The second-order valence-electron chi connectivity index (χ2n) is 6.82. The highest BCUT2D eigenvalue weighted by atomic mass is 16.5. The maximum atomic E-state index is 5.93. The maximum Gasteiger partial charge on any atom is 0.122 e. The fourth-order valence-corrected chi connectivity index (χ4v) is 3.21. The molecule has 136 valence electrons. The molecule has 1 aliphatic rings. The zero-order chi connectivity index (χ0) is 17.4. The average molecular weight is 335 g/mol. The van der Waals surface area contributed by atoms with Gasteiger partial charge in [0.1, 0.15) is 12.4 Å². The van der Waals surface area contributed by atoms with E-state index in [4.69, 9.17) is 14.2 Å². The summed E-state index contributed by atoms with van der Waals surface area (Å²) >= 11 is 0. The molecule has 0 spiro atoms. The van der Waals surface area contributed by atoms with Crippen LogP contribution < -0.4 is 4.74 Å². The number of hydrogen-bond acceptors (Lipinski definition) is 4. The van der Waals surface area contributed by atoms with E-state index in [1.165, 1.54) is 5.56 Å². The van der Waals surface area contributed by atoms with Crippen molar-refractivity contribution >= 4 is 0 Å². The Morgan fingerprint density at radius 2 is 1.83 bits per heavy atom. The van der Waals surface area contributed by atoms with Gasteiger partial charge < -0.3 is 14.2 Å². The van der Waals surface area contributed by atoms with Crippen LogP contribution in [0.2, 0.25) is 0 Å². The molecule has 0 N–H and O–H groups in total. The molecule has 1 saturated heterocycles. The van der Waals surface area contributed by atoms with Crippen LogP contribution in [0.15, 0.2) is 24.3 Å². The van der Waals surface area contributed by atoms with Gasteiger partial charge in [0, 0.05) is 19.6 Å². The maximum absolute atomic E-state index is 5.93. The molecule has 4 heteroatoms. The Morgan fingerprint density at radius 1 is 1.12 bits per heavy atom. The van der Waals surface area contributed by atoms with Crippen molar-refractivity contribution < 1.29 is 14.2 Å². The van der Waals surface area contributed by atoms with Gasteiger partial charge in [-0.3, -0.25) is 4.90 Å². The summed E-state index contributed by atoms with van der Waals surface area (Å²) in [6.45, 7) is 13.6. The third-order valence-corrected chi connectivity index (χ3v) is 4.59. The van der Waals surface area contributed by atoms with Gasteiger partial charge in [-0.25, -0.2) is 0 Å². The van der Waals surface area contributed by atoms with Crippen LogP contribution in [0.4, 0.5) is 0 Å². The highest BCUT2D eigenvalue weighted by Gasteiger charge is 2.21. The standard InChI is InChI=1S/C20H33NO3/c1-5-16(2)19-8-6-7-9-20(19)23-13-12-22-11-10-21-14-17(3)24-18(4)15-21/h6-9,16-18H,5,10-15H2,1-4H3/t16-,17-,18+/m0/s1. The van der Waals surface area contributed by atoms with Crippen molar-refractivity contribution in [3.63, 3.8) is 0 Å². The van der Waals surface area contributed by atoms with Crippen LogP contribution >= 0.6 is 0 Å². The third-order valence-electron chi connectivity index (χ3n) is 4.59. The molecule has 1 aromatic rings. The van der Waals surface area contributed by atoms with Gasteiger partial charge in [-0.2, -0.15) is 0 Å². The van der Waals surface area contributed by atoms with Crippen LogP contribution in [-0.2, 0) is 9.47 Å². The Hall–Kier alpha value is -1.10. The zero-order valence-corrected chi connectivity index (χ0v) is 15.7. The van der Waals surface area contributed by atoms with E-state index >= 15 is 0 Å². The first-order valence-electron chi connectivity index (χ1n) is 9.27. The first-order valence-corrected chi connectivity index (χ1v) is 9.27. The molecule has 0 unspecified atom stereocenters. The molecule has 0 aliphatic carbocycles. The van der Waals surface area contributed by atoms with Gasteiger partial charge in [0.05, 0.1) is 25.4 Å². The molecular weight excluding hydrogens is 302 g/mol. The lowest BCUT2D eigenvalue weighted by Gasteiger charge is -2.35. The number of morpholine rings is 1. The van der Waals surface area contributed by atoms with E-state index in [0.29, 0.717) is 31.3 Å². The smallest absolute Gasteiger partial charge is 0.122 e. The summed E-state index contributed by atoms with van der Waals surface area (Å²) in [5, 5.41) is 0. The molecule has 3 atom stereocenters. The molecule has 0 amide bonds. The van der Waals surface area contributed by atoms with Gasteiger partial charge in [0.15, 0.2) is 0 Å². The molecule has 4 nitrogen and oxygen atoms in total. The number of rotatable bonds is 9. The van der Waals surface area contributed by atoms with E-state index in [1.54, 1.807) is 0 Å². The molecule has 2 rings (SSSR count). The first kappa shape index (κ1) is 19.2. The van der Waals surface area contributed by atoms with Gasteiger partial charge >= 0.3 is 0 Å². The second-order valence-corrected chi connectivity index (χ2v) is 6.82.